The minimum Gasteiger partial charge on any atom is -0.477 e. The van der Waals surface area contributed by atoms with E-state index in [0.29, 0.717) is 11.4 Å². The summed E-state index contributed by atoms with van der Waals surface area (Å²) in [6.07, 6.45) is 3.66. The average Bonchev–Trinajstić information content (AvgIpc) is 2.71. The van der Waals surface area contributed by atoms with Crippen LogP contribution < -0.4 is 5.32 Å². The summed E-state index contributed by atoms with van der Waals surface area (Å²) in [5.74, 6) is -0.0536. The zero-order valence-corrected chi connectivity index (χ0v) is 11.3. The molecule has 17 heavy (non-hydrogen) atoms. The molecule has 0 radical (unpaired) electrons. The summed E-state index contributed by atoms with van der Waals surface area (Å²) in [7, 11) is 0. The normalized spacial score (nSPS) is 11.0. The molecule has 0 saturated heterocycles. The lowest BCUT2D eigenvalue weighted by molar-refractivity contribution is 0.0701. The SMILES string of the molecule is CC(C)CCCCNCc1ccsc1C(=O)O. The topological polar surface area (TPSA) is 49.3 Å². The van der Waals surface area contributed by atoms with E-state index in [9.17, 15) is 4.79 Å². The van der Waals surface area contributed by atoms with Gasteiger partial charge in [0.15, 0.2) is 0 Å². The Labute approximate surface area is 107 Å². The van der Waals surface area contributed by atoms with E-state index in [2.05, 4.69) is 19.2 Å². The molecule has 96 valence electrons. The molecule has 0 aliphatic heterocycles. The van der Waals surface area contributed by atoms with Crippen molar-refractivity contribution in [3.63, 3.8) is 0 Å². The first-order valence-electron chi connectivity index (χ1n) is 6.11. The van der Waals surface area contributed by atoms with Gasteiger partial charge >= 0.3 is 5.97 Å². The van der Waals surface area contributed by atoms with Crippen molar-refractivity contribution in [1.29, 1.82) is 0 Å². The Morgan fingerprint density at radius 1 is 1.47 bits per heavy atom. The van der Waals surface area contributed by atoms with Crippen molar-refractivity contribution < 1.29 is 9.90 Å². The second-order valence-electron chi connectivity index (χ2n) is 4.65. The van der Waals surface area contributed by atoms with Crippen molar-refractivity contribution in [2.45, 2.75) is 39.7 Å². The van der Waals surface area contributed by atoms with Crippen molar-refractivity contribution in [3.05, 3.63) is 21.9 Å². The fourth-order valence-electron chi connectivity index (χ4n) is 1.69. The summed E-state index contributed by atoms with van der Waals surface area (Å²) >= 11 is 1.29. The highest BCUT2D eigenvalue weighted by molar-refractivity contribution is 7.12. The van der Waals surface area contributed by atoms with Gasteiger partial charge in [0.1, 0.15) is 4.88 Å². The van der Waals surface area contributed by atoms with E-state index >= 15 is 0 Å². The number of carboxylic acids is 1. The van der Waals surface area contributed by atoms with E-state index < -0.39 is 5.97 Å². The first kappa shape index (κ1) is 14.2. The van der Waals surface area contributed by atoms with Gasteiger partial charge in [-0.1, -0.05) is 26.7 Å². The molecule has 0 unspecified atom stereocenters. The predicted octanol–water partition coefficient (Wildman–Crippen LogP) is 3.36. The Balaban J connectivity index is 2.18. The second kappa shape index (κ2) is 7.45. The van der Waals surface area contributed by atoms with E-state index in [1.54, 1.807) is 0 Å². The standard InChI is InChI=1S/C13H21NO2S/c1-10(2)5-3-4-7-14-9-11-6-8-17-12(11)13(15)16/h6,8,10,14H,3-5,7,9H2,1-2H3,(H,15,16). The van der Waals surface area contributed by atoms with E-state index in [0.717, 1.165) is 24.4 Å². The quantitative estimate of drug-likeness (QED) is 0.700. The lowest BCUT2D eigenvalue weighted by Gasteiger charge is -2.06. The molecular formula is C13H21NO2S. The van der Waals surface area contributed by atoms with E-state index in [1.165, 1.54) is 24.2 Å². The van der Waals surface area contributed by atoms with Crippen molar-refractivity contribution in [2.75, 3.05) is 6.54 Å². The predicted molar refractivity (Wildman–Crippen MR) is 71.7 cm³/mol. The third-order valence-electron chi connectivity index (χ3n) is 2.64. The monoisotopic (exact) mass is 255 g/mol. The Bertz CT molecular complexity index is 347. The van der Waals surface area contributed by atoms with Crippen LogP contribution in [0.25, 0.3) is 0 Å². The van der Waals surface area contributed by atoms with Crippen LogP contribution in [-0.4, -0.2) is 17.6 Å². The molecule has 0 saturated carbocycles. The van der Waals surface area contributed by atoms with Gasteiger partial charge in [0.2, 0.25) is 0 Å². The van der Waals surface area contributed by atoms with Gasteiger partial charge in [-0.15, -0.1) is 11.3 Å². The first-order valence-corrected chi connectivity index (χ1v) is 6.99. The number of carbonyl (C=O) groups is 1. The highest BCUT2D eigenvalue weighted by atomic mass is 32.1. The molecule has 0 fully saturated rings. The smallest absolute Gasteiger partial charge is 0.346 e. The summed E-state index contributed by atoms with van der Waals surface area (Å²) in [6, 6.07) is 1.88. The highest BCUT2D eigenvalue weighted by Gasteiger charge is 2.10. The summed E-state index contributed by atoms with van der Waals surface area (Å²) in [6.45, 7) is 6.09. The Morgan fingerprint density at radius 3 is 2.88 bits per heavy atom. The number of aromatic carboxylic acids is 1. The van der Waals surface area contributed by atoms with E-state index in [1.807, 2.05) is 11.4 Å². The molecule has 1 aromatic rings. The molecule has 0 amide bonds. The number of hydrogen-bond donors (Lipinski definition) is 2. The molecule has 0 aliphatic rings. The van der Waals surface area contributed by atoms with E-state index in [-0.39, 0.29) is 0 Å². The van der Waals surface area contributed by atoms with Gasteiger partial charge in [0.25, 0.3) is 0 Å². The number of thiophene rings is 1. The molecule has 0 atom stereocenters. The summed E-state index contributed by atoms with van der Waals surface area (Å²) in [4.78, 5) is 11.3. The molecule has 0 aliphatic carbocycles. The van der Waals surface area contributed by atoms with Gasteiger partial charge in [-0.25, -0.2) is 4.79 Å². The van der Waals surface area contributed by atoms with Crippen LogP contribution in [0.4, 0.5) is 0 Å². The summed E-state index contributed by atoms with van der Waals surface area (Å²) < 4.78 is 0. The largest absolute Gasteiger partial charge is 0.477 e. The zero-order chi connectivity index (χ0) is 12.7. The maximum Gasteiger partial charge on any atom is 0.346 e. The van der Waals surface area contributed by atoms with Gasteiger partial charge in [0, 0.05) is 6.54 Å². The molecular weight excluding hydrogens is 234 g/mol. The van der Waals surface area contributed by atoms with Gasteiger partial charge in [-0.3, -0.25) is 0 Å². The average molecular weight is 255 g/mol. The first-order chi connectivity index (χ1) is 8.11. The van der Waals surface area contributed by atoms with Crippen molar-refractivity contribution in [2.24, 2.45) is 5.92 Å². The second-order valence-corrected chi connectivity index (χ2v) is 5.56. The van der Waals surface area contributed by atoms with Crippen LogP contribution in [0.15, 0.2) is 11.4 Å². The number of nitrogens with one attached hydrogen (secondary N) is 1. The third kappa shape index (κ3) is 5.33. The fraction of sp³-hybridized carbons (Fsp3) is 0.615. The lowest BCUT2D eigenvalue weighted by Crippen LogP contribution is -2.16. The van der Waals surface area contributed by atoms with Crippen LogP contribution in [-0.2, 0) is 6.54 Å². The zero-order valence-electron chi connectivity index (χ0n) is 10.5. The van der Waals surface area contributed by atoms with Gasteiger partial charge in [0.05, 0.1) is 0 Å². The van der Waals surface area contributed by atoms with Crippen LogP contribution in [0.2, 0.25) is 0 Å². The number of rotatable bonds is 8. The van der Waals surface area contributed by atoms with Gasteiger partial charge < -0.3 is 10.4 Å². The van der Waals surface area contributed by atoms with Gasteiger partial charge in [-0.2, -0.15) is 0 Å². The minimum atomic E-state index is -0.823. The van der Waals surface area contributed by atoms with Crippen molar-refractivity contribution in [3.8, 4) is 0 Å². The maximum atomic E-state index is 10.9. The molecule has 0 spiro atoms. The van der Waals surface area contributed by atoms with Crippen LogP contribution >= 0.6 is 11.3 Å². The molecule has 3 nitrogen and oxygen atoms in total. The molecule has 2 N–H and O–H groups in total. The van der Waals surface area contributed by atoms with Crippen LogP contribution in [0.3, 0.4) is 0 Å². The molecule has 4 heteroatoms. The van der Waals surface area contributed by atoms with Crippen LogP contribution in [0, 0.1) is 5.92 Å². The summed E-state index contributed by atoms with van der Waals surface area (Å²) in [5, 5.41) is 14.1. The lowest BCUT2D eigenvalue weighted by atomic mass is 10.1. The van der Waals surface area contributed by atoms with Gasteiger partial charge in [-0.05, 0) is 35.9 Å². The number of unbranched alkanes of at least 4 members (excludes halogenated alkanes) is 1. The molecule has 1 heterocycles. The van der Waals surface area contributed by atoms with Crippen molar-refractivity contribution in [1.82, 2.24) is 5.32 Å². The minimum absolute atomic E-state index is 0.458. The van der Waals surface area contributed by atoms with Crippen molar-refractivity contribution >= 4 is 17.3 Å². The molecule has 1 aromatic heterocycles. The Morgan fingerprint density at radius 2 is 2.24 bits per heavy atom. The highest BCUT2D eigenvalue weighted by Crippen LogP contribution is 2.16. The fourth-order valence-corrected chi connectivity index (χ4v) is 2.45. The molecule has 0 bridgehead atoms. The number of hydrogen-bond acceptors (Lipinski definition) is 3. The summed E-state index contributed by atoms with van der Waals surface area (Å²) in [5.41, 5.74) is 0.895. The van der Waals surface area contributed by atoms with E-state index in [4.69, 9.17) is 5.11 Å². The Kier molecular flexibility index (Phi) is 6.22. The molecule has 1 rings (SSSR count). The van der Waals surface area contributed by atoms with Crippen LogP contribution in [0.5, 0.6) is 0 Å². The molecule has 0 aromatic carbocycles. The van der Waals surface area contributed by atoms with Crippen LogP contribution in [0.1, 0.15) is 48.3 Å². The number of carboxylic acid groups (broad SMARTS) is 1. The maximum absolute atomic E-state index is 10.9. The third-order valence-corrected chi connectivity index (χ3v) is 3.59. The Hall–Kier alpha value is -0.870.